The van der Waals surface area contributed by atoms with Crippen molar-refractivity contribution in [3.05, 3.63) is 81.4 Å². The highest BCUT2D eigenvalue weighted by Gasteiger charge is 2.19. The van der Waals surface area contributed by atoms with E-state index in [2.05, 4.69) is 9.88 Å². The third-order valence-corrected chi connectivity index (χ3v) is 7.08. The zero-order valence-corrected chi connectivity index (χ0v) is 21.8. The molecule has 0 N–H and O–H groups in total. The molecule has 7 heteroatoms. The first-order valence-corrected chi connectivity index (χ1v) is 12.6. The predicted octanol–water partition coefficient (Wildman–Crippen LogP) is 6.05. The lowest BCUT2D eigenvalue weighted by Crippen LogP contribution is -2.32. The first-order valence-electron chi connectivity index (χ1n) is 12.3. The summed E-state index contributed by atoms with van der Waals surface area (Å²) in [7, 11) is 2.03. The average Bonchev–Trinajstić information content (AvgIpc) is 3.36. The molecule has 0 bridgehead atoms. The molecular formula is C29H32ClFN2O3. The number of aldehydes is 1. The van der Waals surface area contributed by atoms with Crippen LogP contribution in [0.5, 0.6) is 5.75 Å². The molecule has 1 atom stereocenters. The van der Waals surface area contributed by atoms with Crippen LogP contribution in [0.1, 0.15) is 45.6 Å². The lowest BCUT2D eigenvalue weighted by molar-refractivity contribution is 0.0771. The van der Waals surface area contributed by atoms with Gasteiger partial charge in [-0.15, -0.1) is 0 Å². The van der Waals surface area contributed by atoms with Gasteiger partial charge in [0.1, 0.15) is 18.2 Å². The number of nitrogens with zero attached hydrogens (tertiary/aromatic N) is 2. The molecule has 1 unspecified atom stereocenters. The summed E-state index contributed by atoms with van der Waals surface area (Å²) in [6.45, 7) is 6.56. The standard InChI is InChI=1S/C29H32ClFN2O3/c1-19-13-22(8-9-32-19)26-7-6-21(15-27(26)31)14-23-16-24(18-34)29(28(30)20(23)2)36-12-10-33(3)17-25-5-4-11-35-25/h6-9,13,15-16,18,25H,4-5,10-12,14,17H2,1-3H3. The molecule has 2 heterocycles. The van der Waals surface area contributed by atoms with Gasteiger partial charge < -0.3 is 14.4 Å². The lowest BCUT2D eigenvalue weighted by Gasteiger charge is -2.21. The summed E-state index contributed by atoms with van der Waals surface area (Å²) in [5, 5.41) is 0.417. The Hall–Kier alpha value is -2.80. The molecule has 1 aromatic heterocycles. The van der Waals surface area contributed by atoms with Crippen molar-refractivity contribution in [2.45, 2.75) is 39.2 Å². The molecule has 0 spiro atoms. The Bertz CT molecular complexity index is 1230. The van der Waals surface area contributed by atoms with E-state index in [1.165, 1.54) is 6.07 Å². The van der Waals surface area contributed by atoms with Crippen molar-refractivity contribution in [3.63, 3.8) is 0 Å². The summed E-state index contributed by atoms with van der Waals surface area (Å²) < 4.78 is 26.6. The molecule has 4 rings (SSSR count). The van der Waals surface area contributed by atoms with Crippen LogP contribution in [0.25, 0.3) is 11.1 Å². The van der Waals surface area contributed by atoms with Crippen LogP contribution < -0.4 is 4.74 Å². The second-order valence-electron chi connectivity index (χ2n) is 9.43. The minimum Gasteiger partial charge on any atom is -0.490 e. The van der Waals surface area contributed by atoms with Crippen molar-refractivity contribution in [3.8, 4) is 16.9 Å². The number of likely N-dealkylation sites (N-methyl/N-ethyl adjacent to an activating group) is 1. The number of aromatic nitrogens is 1. The van der Waals surface area contributed by atoms with E-state index >= 15 is 0 Å². The van der Waals surface area contributed by atoms with Crippen molar-refractivity contribution in [2.75, 3.05) is 33.4 Å². The van der Waals surface area contributed by atoms with Gasteiger partial charge in [0.25, 0.3) is 0 Å². The average molecular weight is 511 g/mol. The Morgan fingerprint density at radius 2 is 2.08 bits per heavy atom. The van der Waals surface area contributed by atoms with E-state index in [-0.39, 0.29) is 11.9 Å². The Kier molecular flexibility index (Phi) is 8.72. The molecule has 1 saturated heterocycles. The van der Waals surface area contributed by atoms with E-state index in [0.717, 1.165) is 60.2 Å². The van der Waals surface area contributed by atoms with Gasteiger partial charge >= 0.3 is 0 Å². The zero-order valence-electron chi connectivity index (χ0n) is 21.0. The van der Waals surface area contributed by atoms with Gasteiger partial charge in [-0.2, -0.15) is 0 Å². The maximum Gasteiger partial charge on any atom is 0.153 e. The van der Waals surface area contributed by atoms with Crippen LogP contribution in [0.4, 0.5) is 4.39 Å². The summed E-state index contributed by atoms with van der Waals surface area (Å²) in [5.74, 6) is 0.0950. The van der Waals surface area contributed by atoms with E-state index in [4.69, 9.17) is 21.1 Å². The fourth-order valence-corrected chi connectivity index (χ4v) is 4.87. The molecule has 0 saturated carbocycles. The zero-order chi connectivity index (χ0) is 25.7. The number of benzene rings is 2. The first-order chi connectivity index (χ1) is 17.4. The molecule has 3 aromatic rings. The third-order valence-electron chi connectivity index (χ3n) is 6.62. The topological polar surface area (TPSA) is 51.7 Å². The molecule has 1 aliphatic heterocycles. The van der Waals surface area contributed by atoms with Crippen molar-refractivity contribution in [1.29, 1.82) is 0 Å². The van der Waals surface area contributed by atoms with E-state index in [0.29, 0.717) is 41.5 Å². The number of halogens is 2. The molecule has 190 valence electrons. The molecule has 1 fully saturated rings. The van der Waals surface area contributed by atoms with E-state index < -0.39 is 0 Å². The number of pyridine rings is 1. The molecule has 0 amide bonds. The van der Waals surface area contributed by atoms with Crippen LogP contribution >= 0.6 is 11.6 Å². The van der Waals surface area contributed by atoms with Gasteiger partial charge in [0.2, 0.25) is 0 Å². The SMILES string of the molecule is Cc1cc(-c2ccc(Cc3cc(C=O)c(OCCN(C)CC4CCCO4)c(Cl)c3C)cc2F)ccn1. The van der Waals surface area contributed by atoms with Crippen LogP contribution in [-0.4, -0.2) is 55.6 Å². The van der Waals surface area contributed by atoms with Gasteiger partial charge in [-0.1, -0.05) is 23.7 Å². The quantitative estimate of drug-likeness (QED) is 0.311. The van der Waals surface area contributed by atoms with E-state index in [9.17, 15) is 9.18 Å². The van der Waals surface area contributed by atoms with Crippen LogP contribution in [0.3, 0.4) is 0 Å². The Morgan fingerprint density at radius 1 is 1.25 bits per heavy atom. The lowest BCUT2D eigenvalue weighted by atomic mass is 9.96. The number of hydrogen-bond donors (Lipinski definition) is 0. The van der Waals surface area contributed by atoms with Crippen LogP contribution in [0.2, 0.25) is 5.02 Å². The number of carbonyl (C=O) groups excluding carboxylic acids is 1. The molecule has 36 heavy (non-hydrogen) atoms. The Balaban J connectivity index is 1.46. The minimum absolute atomic E-state index is 0.276. The van der Waals surface area contributed by atoms with E-state index in [1.54, 1.807) is 24.4 Å². The molecule has 0 aliphatic carbocycles. The van der Waals surface area contributed by atoms with Gasteiger partial charge in [0, 0.05) is 37.2 Å². The minimum atomic E-state index is -0.301. The fraction of sp³-hybridized carbons (Fsp3) is 0.379. The summed E-state index contributed by atoms with van der Waals surface area (Å²) in [6, 6.07) is 10.7. The highest BCUT2D eigenvalue weighted by molar-refractivity contribution is 6.33. The maximum atomic E-state index is 15.0. The molecular weight excluding hydrogens is 479 g/mol. The van der Waals surface area contributed by atoms with E-state index in [1.807, 2.05) is 33.0 Å². The number of carbonyl (C=O) groups is 1. The monoisotopic (exact) mass is 510 g/mol. The number of hydrogen-bond acceptors (Lipinski definition) is 5. The van der Waals surface area contributed by atoms with Crippen LogP contribution in [0.15, 0.2) is 42.6 Å². The third kappa shape index (κ3) is 6.30. The second kappa shape index (κ2) is 12.0. The Labute approximate surface area is 217 Å². The molecule has 0 radical (unpaired) electrons. The summed E-state index contributed by atoms with van der Waals surface area (Å²) in [6.07, 6.45) is 5.36. The summed E-state index contributed by atoms with van der Waals surface area (Å²) in [4.78, 5) is 18.2. The summed E-state index contributed by atoms with van der Waals surface area (Å²) >= 11 is 6.66. The number of aryl methyl sites for hydroxylation is 1. The van der Waals surface area contributed by atoms with Gasteiger partial charge in [0.15, 0.2) is 6.29 Å². The number of rotatable bonds is 10. The summed E-state index contributed by atoms with van der Waals surface area (Å²) in [5.41, 5.74) is 5.02. The smallest absolute Gasteiger partial charge is 0.153 e. The molecule has 1 aliphatic rings. The van der Waals surface area contributed by atoms with Crippen LogP contribution in [-0.2, 0) is 11.2 Å². The molecule has 5 nitrogen and oxygen atoms in total. The van der Waals surface area contributed by atoms with Gasteiger partial charge in [-0.3, -0.25) is 9.78 Å². The first kappa shape index (κ1) is 26.3. The Morgan fingerprint density at radius 3 is 2.78 bits per heavy atom. The van der Waals surface area contributed by atoms with Gasteiger partial charge in [-0.25, -0.2) is 4.39 Å². The van der Waals surface area contributed by atoms with Crippen molar-refractivity contribution in [2.24, 2.45) is 0 Å². The fourth-order valence-electron chi connectivity index (χ4n) is 4.58. The second-order valence-corrected chi connectivity index (χ2v) is 9.81. The molecule has 2 aromatic carbocycles. The van der Waals surface area contributed by atoms with Crippen molar-refractivity contribution >= 4 is 17.9 Å². The van der Waals surface area contributed by atoms with Crippen molar-refractivity contribution < 1.29 is 18.7 Å². The highest BCUT2D eigenvalue weighted by atomic mass is 35.5. The maximum absolute atomic E-state index is 15.0. The van der Waals surface area contributed by atoms with Crippen LogP contribution in [0, 0.1) is 19.7 Å². The highest BCUT2D eigenvalue weighted by Crippen LogP contribution is 2.35. The van der Waals surface area contributed by atoms with Gasteiger partial charge in [-0.05, 0) is 86.7 Å². The van der Waals surface area contributed by atoms with Crippen molar-refractivity contribution in [1.82, 2.24) is 9.88 Å². The largest absolute Gasteiger partial charge is 0.490 e. The van der Waals surface area contributed by atoms with Gasteiger partial charge in [0.05, 0.1) is 16.7 Å². The predicted molar refractivity (Wildman–Crippen MR) is 141 cm³/mol. The normalized spacial score (nSPS) is 15.4. The number of ether oxygens (including phenoxy) is 2.